The van der Waals surface area contributed by atoms with Crippen LogP contribution in [0.3, 0.4) is 0 Å². The number of anilines is 1. The van der Waals surface area contributed by atoms with E-state index in [9.17, 15) is 4.79 Å². The molecule has 0 bridgehead atoms. The highest BCUT2D eigenvalue weighted by molar-refractivity contribution is 5.77. The number of rotatable bonds is 4. The molecular weight excluding hydrogens is 386 g/mol. The highest BCUT2D eigenvalue weighted by Gasteiger charge is 2.48. The Morgan fingerprint density at radius 2 is 1.87 bits per heavy atom. The van der Waals surface area contributed by atoms with Crippen molar-refractivity contribution in [2.45, 2.75) is 62.9 Å². The Hall–Kier alpha value is -2.47. The number of nitrogens with zero attached hydrogens (tertiary/aromatic N) is 4. The van der Waals surface area contributed by atoms with E-state index >= 15 is 0 Å². The number of aromatic nitrogens is 2. The molecule has 3 fully saturated rings. The summed E-state index contributed by atoms with van der Waals surface area (Å²) in [7, 11) is 0. The molecule has 1 N–H and O–H groups in total. The second-order valence-corrected chi connectivity index (χ2v) is 9.44. The van der Waals surface area contributed by atoms with Gasteiger partial charge in [-0.05, 0) is 43.7 Å². The Labute approximate surface area is 185 Å². The van der Waals surface area contributed by atoms with Gasteiger partial charge < -0.3 is 10.2 Å². The number of hydrogen-bond acceptors (Lipinski definition) is 5. The molecule has 2 atom stereocenters. The van der Waals surface area contributed by atoms with Gasteiger partial charge >= 0.3 is 0 Å². The van der Waals surface area contributed by atoms with Crippen molar-refractivity contribution >= 4 is 11.9 Å². The molecule has 1 aromatic carbocycles. The van der Waals surface area contributed by atoms with E-state index in [1.54, 1.807) is 0 Å². The lowest BCUT2D eigenvalue weighted by atomic mass is 9.79. The van der Waals surface area contributed by atoms with Crippen LogP contribution in [-0.4, -0.2) is 52.5 Å². The first-order valence-corrected chi connectivity index (χ1v) is 11.9. The van der Waals surface area contributed by atoms with Crippen molar-refractivity contribution in [3.8, 4) is 0 Å². The molecule has 1 spiro atoms. The van der Waals surface area contributed by atoms with Gasteiger partial charge in [0, 0.05) is 51.3 Å². The van der Waals surface area contributed by atoms with E-state index in [1.165, 1.54) is 24.8 Å². The van der Waals surface area contributed by atoms with E-state index in [4.69, 9.17) is 4.98 Å². The van der Waals surface area contributed by atoms with E-state index in [0.29, 0.717) is 12.3 Å². The number of nitrogens with one attached hydrogen (secondary N) is 1. The standard InChI is InChI=1S/C25H33N5O/c31-23-11-5-6-13-25(28-23)19-29(18-22(25)20-9-3-1-4-10-20)17-21-12-14-26-24(27-21)30-15-7-2-8-16-30/h1,3-4,9-10,12,14,22H,2,5-8,11,13,15-19H2,(H,28,31)/t22-,25+/m0/s1. The fourth-order valence-corrected chi connectivity index (χ4v) is 5.69. The Morgan fingerprint density at radius 3 is 2.71 bits per heavy atom. The van der Waals surface area contributed by atoms with Crippen LogP contribution in [0.2, 0.25) is 0 Å². The molecule has 3 saturated heterocycles. The van der Waals surface area contributed by atoms with Crippen molar-refractivity contribution in [1.82, 2.24) is 20.2 Å². The third-order valence-electron chi connectivity index (χ3n) is 7.21. The summed E-state index contributed by atoms with van der Waals surface area (Å²) >= 11 is 0. The number of hydrogen-bond donors (Lipinski definition) is 1. The smallest absolute Gasteiger partial charge is 0.225 e. The number of benzene rings is 1. The molecule has 4 heterocycles. The fraction of sp³-hybridized carbons (Fsp3) is 0.560. The first-order valence-electron chi connectivity index (χ1n) is 11.9. The summed E-state index contributed by atoms with van der Waals surface area (Å²) in [5.74, 6) is 1.38. The Bertz CT molecular complexity index is 898. The summed E-state index contributed by atoms with van der Waals surface area (Å²) in [6.45, 7) is 4.72. The molecule has 2 aromatic rings. The minimum atomic E-state index is -0.183. The van der Waals surface area contributed by atoms with Crippen LogP contribution in [0.5, 0.6) is 0 Å². The van der Waals surface area contributed by atoms with Crippen LogP contribution in [0.15, 0.2) is 42.6 Å². The summed E-state index contributed by atoms with van der Waals surface area (Å²) < 4.78 is 0. The van der Waals surface area contributed by atoms with E-state index in [0.717, 1.165) is 63.6 Å². The van der Waals surface area contributed by atoms with Gasteiger partial charge in [0.1, 0.15) is 0 Å². The number of amides is 1. The molecule has 3 aliphatic heterocycles. The van der Waals surface area contributed by atoms with Gasteiger partial charge in [0.2, 0.25) is 11.9 Å². The van der Waals surface area contributed by atoms with Gasteiger partial charge in [-0.25, -0.2) is 9.97 Å². The first-order chi connectivity index (χ1) is 15.2. The zero-order chi connectivity index (χ0) is 21.1. The number of piperidine rings is 1. The Balaban J connectivity index is 1.37. The lowest BCUT2D eigenvalue weighted by molar-refractivity contribution is -0.122. The molecule has 164 valence electrons. The highest BCUT2D eigenvalue weighted by atomic mass is 16.1. The van der Waals surface area contributed by atoms with Crippen molar-refractivity contribution in [1.29, 1.82) is 0 Å². The zero-order valence-electron chi connectivity index (χ0n) is 18.3. The molecule has 5 rings (SSSR count). The highest BCUT2D eigenvalue weighted by Crippen LogP contribution is 2.41. The van der Waals surface area contributed by atoms with Crippen LogP contribution in [0, 0.1) is 0 Å². The maximum Gasteiger partial charge on any atom is 0.225 e. The maximum absolute atomic E-state index is 12.6. The van der Waals surface area contributed by atoms with Crippen molar-refractivity contribution < 1.29 is 4.79 Å². The van der Waals surface area contributed by atoms with Gasteiger partial charge in [-0.3, -0.25) is 9.69 Å². The van der Waals surface area contributed by atoms with E-state index < -0.39 is 0 Å². The van der Waals surface area contributed by atoms with E-state index in [2.05, 4.69) is 50.4 Å². The summed E-state index contributed by atoms with van der Waals surface area (Å²) in [4.78, 5) is 26.8. The fourth-order valence-electron chi connectivity index (χ4n) is 5.69. The van der Waals surface area contributed by atoms with Gasteiger partial charge in [-0.2, -0.15) is 0 Å². The largest absolute Gasteiger partial charge is 0.349 e. The molecule has 0 aliphatic carbocycles. The molecule has 3 aliphatic rings. The van der Waals surface area contributed by atoms with Crippen LogP contribution >= 0.6 is 0 Å². The summed E-state index contributed by atoms with van der Waals surface area (Å²) in [6, 6.07) is 12.8. The molecule has 6 heteroatoms. The zero-order valence-corrected chi connectivity index (χ0v) is 18.3. The molecular formula is C25H33N5O. The average Bonchev–Trinajstić information content (AvgIpc) is 3.03. The number of carbonyl (C=O) groups is 1. The first kappa shape index (κ1) is 20.4. The monoisotopic (exact) mass is 419 g/mol. The molecule has 0 radical (unpaired) electrons. The minimum Gasteiger partial charge on any atom is -0.349 e. The number of likely N-dealkylation sites (tertiary alicyclic amines) is 1. The Kier molecular flexibility index (Phi) is 5.90. The lowest BCUT2D eigenvalue weighted by Gasteiger charge is -2.35. The summed E-state index contributed by atoms with van der Waals surface area (Å²) in [5.41, 5.74) is 2.21. The SMILES string of the molecule is O=C1CCCC[C@]2(CN(Cc3ccnc(N4CCCCC4)n3)C[C@H]2c2ccccc2)N1. The quantitative estimate of drug-likeness (QED) is 0.822. The molecule has 0 unspecified atom stereocenters. The molecule has 1 amide bonds. The van der Waals surface area contributed by atoms with Gasteiger partial charge in [0.25, 0.3) is 0 Å². The molecule has 31 heavy (non-hydrogen) atoms. The summed E-state index contributed by atoms with van der Waals surface area (Å²) in [5, 5.41) is 3.46. The average molecular weight is 420 g/mol. The number of carbonyl (C=O) groups excluding carboxylic acids is 1. The third-order valence-corrected chi connectivity index (χ3v) is 7.21. The van der Waals surface area contributed by atoms with Crippen LogP contribution in [-0.2, 0) is 11.3 Å². The topological polar surface area (TPSA) is 61.4 Å². The second kappa shape index (κ2) is 8.95. The second-order valence-electron chi connectivity index (χ2n) is 9.44. The Morgan fingerprint density at radius 1 is 1.03 bits per heavy atom. The predicted molar refractivity (Wildman–Crippen MR) is 122 cm³/mol. The third kappa shape index (κ3) is 4.45. The van der Waals surface area contributed by atoms with Crippen molar-refractivity contribution in [3.63, 3.8) is 0 Å². The van der Waals surface area contributed by atoms with Gasteiger partial charge in [-0.15, -0.1) is 0 Å². The normalized spacial score (nSPS) is 27.3. The van der Waals surface area contributed by atoms with Gasteiger partial charge in [-0.1, -0.05) is 36.8 Å². The van der Waals surface area contributed by atoms with Gasteiger partial charge in [0.05, 0.1) is 11.2 Å². The van der Waals surface area contributed by atoms with Gasteiger partial charge in [0.15, 0.2) is 0 Å². The molecule has 0 saturated carbocycles. The van der Waals surface area contributed by atoms with Crippen molar-refractivity contribution in [3.05, 3.63) is 53.9 Å². The minimum absolute atomic E-state index is 0.183. The predicted octanol–water partition coefficient (Wildman–Crippen LogP) is 3.50. The van der Waals surface area contributed by atoms with E-state index in [1.807, 2.05) is 12.3 Å². The summed E-state index contributed by atoms with van der Waals surface area (Å²) in [6.07, 6.45) is 9.43. The van der Waals surface area contributed by atoms with E-state index in [-0.39, 0.29) is 11.4 Å². The molecule has 1 aromatic heterocycles. The van der Waals surface area contributed by atoms with Crippen LogP contribution in [0.25, 0.3) is 0 Å². The van der Waals surface area contributed by atoms with Crippen LogP contribution in [0.1, 0.15) is 62.1 Å². The molecule has 6 nitrogen and oxygen atoms in total. The van der Waals surface area contributed by atoms with Crippen molar-refractivity contribution in [2.24, 2.45) is 0 Å². The van der Waals surface area contributed by atoms with Crippen LogP contribution < -0.4 is 10.2 Å². The van der Waals surface area contributed by atoms with Crippen molar-refractivity contribution in [2.75, 3.05) is 31.1 Å². The maximum atomic E-state index is 12.6. The van der Waals surface area contributed by atoms with Crippen LogP contribution in [0.4, 0.5) is 5.95 Å². The lowest BCUT2D eigenvalue weighted by Crippen LogP contribution is -2.52.